The molecule has 2 heterocycles. The number of halogens is 1. The summed E-state index contributed by atoms with van der Waals surface area (Å²) in [5, 5.41) is 0. The van der Waals surface area contributed by atoms with Crippen LogP contribution in [0.3, 0.4) is 0 Å². The van der Waals surface area contributed by atoms with Gasteiger partial charge in [-0.2, -0.15) is 0 Å². The number of carbonyl (C=O) groups is 2. The Balaban J connectivity index is 1.75. The number of ether oxygens (including phenoxy) is 1. The third-order valence-corrected chi connectivity index (χ3v) is 4.45. The van der Waals surface area contributed by atoms with Crippen LogP contribution in [0.2, 0.25) is 0 Å². The van der Waals surface area contributed by atoms with Gasteiger partial charge in [-0.3, -0.25) is 9.78 Å². The number of hydrogen-bond acceptors (Lipinski definition) is 4. The first-order valence-electron chi connectivity index (χ1n) is 7.70. The number of aromatic nitrogens is 1. The summed E-state index contributed by atoms with van der Waals surface area (Å²) in [5.41, 5.74) is 2.33. The summed E-state index contributed by atoms with van der Waals surface area (Å²) in [6.07, 6.45) is 2.93. The number of pyridine rings is 1. The molecule has 0 saturated heterocycles. The molecule has 0 spiro atoms. The third kappa shape index (κ3) is 3.19. The minimum atomic E-state index is -0.870. The van der Waals surface area contributed by atoms with Crippen LogP contribution in [0.5, 0.6) is 0 Å². The normalized spacial score (nSPS) is 17.3. The molecule has 0 radical (unpaired) electrons. The van der Waals surface area contributed by atoms with Crippen LogP contribution >= 0.6 is 15.9 Å². The van der Waals surface area contributed by atoms with E-state index in [0.717, 1.165) is 17.7 Å². The SMILES string of the molecule is C[C@@H]1Cc2ccccc2N1C(=O)[C@@H](C)OC(=O)c1cncc(Br)c1. The first-order valence-corrected chi connectivity index (χ1v) is 8.49. The van der Waals surface area contributed by atoms with E-state index in [9.17, 15) is 9.59 Å². The van der Waals surface area contributed by atoms with E-state index < -0.39 is 12.1 Å². The average Bonchev–Trinajstić information content (AvgIpc) is 2.89. The molecule has 5 nitrogen and oxygen atoms in total. The van der Waals surface area contributed by atoms with Gasteiger partial charge >= 0.3 is 5.97 Å². The Morgan fingerprint density at radius 3 is 2.83 bits per heavy atom. The molecule has 1 aliphatic rings. The minimum absolute atomic E-state index is 0.0450. The van der Waals surface area contributed by atoms with Crippen LogP contribution in [-0.4, -0.2) is 29.0 Å². The van der Waals surface area contributed by atoms with Gasteiger partial charge < -0.3 is 9.64 Å². The zero-order valence-electron chi connectivity index (χ0n) is 13.4. The predicted octanol–water partition coefficient (Wildman–Crippen LogP) is 3.37. The average molecular weight is 389 g/mol. The molecule has 2 aromatic rings. The quantitative estimate of drug-likeness (QED) is 0.756. The Labute approximate surface area is 148 Å². The third-order valence-electron chi connectivity index (χ3n) is 4.02. The second-order valence-electron chi connectivity index (χ2n) is 5.83. The topological polar surface area (TPSA) is 59.5 Å². The van der Waals surface area contributed by atoms with E-state index in [0.29, 0.717) is 10.0 Å². The Morgan fingerprint density at radius 1 is 1.33 bits per heavy atom. The Morgan fingerprint density at radius 2 is 2.08 bits per heavy atom. The van der Waals surface area contributed by atoms with E-state index in [2.05, 4.69) is 20.9 Å². The molecule has 24 heavy (non-hydrogen) atoms. The Bertz CT molecular complexity index is 793. The molecule has 124 valence electrons. The molecule has 2 atom stereocenters. The first-order chi connectivity index (χ1) is 11.5. The van der Waals surface area contributed by atoms with Crippen LogP contribution in [0.15, 0.2) is 47.2 Å². The van der Waals surface area contributed by atoms with Crippen LogP contribution in [0.4, 0.5) is 5.69 Å². The standard InChI is InChI=1S/C18H17BrN2O3/c1-11-7-13-5-3-4-6-16(13)21(11)17(22)12(2)24-18(23)14-8-15(19)10-20-9-14/h3-6,8-12H,7H2,1-2H3/t11-,12-/m1/s1. The maximum atomic E-state index is 12.8. The fraction of sp³-hybridized carbons (Fsp3) is 0.278. The number of nitrogens with zero attached hydrogens (tertiary/aromatic N) is 2. The van der Waals surface area contributed by atoms with Crippen molar-refractivity contribution in [3.8, 4) is 0 Å². The predicted molar refractivity (Wildman–Crippen MR) is 93.9 cm³/mol. The molecule has 1 aromatic carbocycles. The number of benzene rings is 1. The molecule has 0 N–H and O–H groups in total. The number of amides is 1. The van der Waals surface area contributed by atoms with Crippen LogP contribution in [-0.2, 0) is 16.0 Å². The molecule has 1 aromatic heterocycles. The van der Waals surface area contributed by atoms with E-state index in [1.807, 2.05) is 31.2 Å². The lowest BCUT2D eigenvalue weighted by Gasteiger charge is -2.25. The number of carbonyl (C=O) groups excluding carboxylic acids is 2. The summed E-state index contributed by atoms with van der Waals surface area (Å²) in [6.45, 7) is 3.59. The molecular weight excluding hydrogens is 372 g/mol. The zero-order valence-corrected chi connectivity index (χ0v) is 15.0. The van der Waals surface area contributed by atoms with Crippen molar-refractivity contribution < 1.29 is 14.3 Å². The second kappa shape index (κ2) is 6.73. The number of anilines is 1. The van der Waals surface area contributed by atoms with E-state index in [4.69, 9.17) is 4.74 Å². The lowest BCUT2D eigenvalue weighted by molar-refractivity contribution is -0.126. The highest BCUT2D eigenvalue weighted by Crippen LogP contribution is 2.32. The van der Waals surface area contributed by atoms with Crippen LogP contribution in [0.25, 0.3) is 0 Å². The molecular formula is C18H17BrN2O3. The van der Waals surface area contributed by atoms with Gasteiger partial charge in [0.25, 0.3) is 5.91 Å². The van der Waals surface area contributed by atoms with Gasteiger partial charge in [0.2, 0.25) is 0 Å². The van der Waals surface area contributed by atoms with Gasteiger partial charge in [-0.15, -0.1) is 0 Å². The minimum Gasteiger partial charge on any atom is -0.449 e. The first kappa shape index (κ1) is 16.6. The van der Waals surface area contributed by atoms with E-state index >= 15 is 0 Å². The summed E-state index contributed by atoms with van der Waals surface area (Å²) in [5.74, 6) is -0.784. The van der Waals surface area contributed by atoms with Gasteiger partial charge in [-0.25, -0.2) is 4.79 Å². The highest BCUT2D eigenvalue weighted by Gasteiger charge is 2.34. The summed E-state index contributed by atoms with van der Waals surface area (Å²) >= 11 is 3.26. The van der Waals surface area contributed by atoms with Gasteiger partial charge in [0.05, 0.1) is 5.56 Å². The Hall–Kier alpha value is -2.21. The highest BCUT2D eigenvalue weighted by molar-refractivity contribution is 9.10. The fourth-order valence-electron chi connectivity index (χ4n) is 2.90. The van der Waals surface area contributed by atoms with Crippen molar-refractivity contribution >= 4 is 33.5 Å². The van der Waals surface area contributed by atoms with E-state index in [1.165, 1.54) is 6.20 Å². The molecule has 0 unspecified atom stereocenters. The molecule has 0 fully saturated rings. The highest BCUT2D eigenvalue weighted by atomic mass is 79.9. The van der Waals surface area contributed by atoms with Crippen LogP contribution < -0.4 is 4.90 Å². The molecule has 0 aliphatic carbocycles. The maximum absolute atomic E-state index is 12.8. The number of esters is 1. The van der Waals surface area contributed by atoms with Gasteiger partial charge in [0, 0.05) is 28.6 Å². The summed E-state index contributed by atoms with van der Waals surface area (Å²) in [6, 6.07) is 9.46. The van der Waals surface area contributed by atoms with Gasteiger partial charge in [0.15, 0.2) is 6.10 Å². The molecule has 6 heteroatoms. The summed E-state index contributed by atoms with van der Waals surface area (Å²) in [4.78, 5) is 30.6. The Kier molecular flexibility index (Phi) is 4.66. The molecule has 0 bridgehead atoms. The van der Waals surface area contributed by atoms with Gasteiger partial charge in [-0.1, -0.05) is 18.2 Å². The fourth-order valence-corrected chi connectivity index (χ4v) is 3.26. The largest absolute Gasteiger partial charge is 0.449 e. The van der Waals surface area contributed by atoms with E-state index in [1.54, 1.807) is 24.1 Å². The van der Waals surface area contributed by atoms with Gasteiger partial charge in [-0.05, 0) is 53.9 Å². The summed E-state index contributed by atoms with van der Waals surface area (Å²) in [7, 11) is 0. The summed E-state index contributed by atoms with van der Waals surface area (Å²) < 4.78 is 6.02. The van der Waals surface area contributed by atoms with Gasteiger partial charge in [0.1, 0.15) is 0 Å². The zero-order chi connectivity index (χ0) is 17.3. The monoisotopic (exact) mass is 388 g/mol. The molecule has 1 amide bonds. The van der Waals surface area contributed by atoms with Crippen molar-refractivity contribution in [2.45, 2.75) is 32.4 Å². The van der Waals surface area contributed by atoms with E-state index in [-0.39, 0.29) is 11.9 Å². The molecule has 1 aliphatic heterocycles. The number of para-hydroxylation sites is 1. The van der Waals surface area contributed by atoms with Crippen molar-refractivity contribution in [2.24, 2.45) is 0 Å². The number of hydrogen-bond donors (Lipinski definition) is 0. The van der Waals surface area contributed by atoms with Crippen molar-refractivity contribution in [1.29, 1.82) is 0 Å². The van der Waals surface area contributed by atoms with Crippen LogP contribution in [0, 0.1) is 0 Å². The van der Waals surface area contributed by atoms with Crippen molar-refractivity contribution in [2.75, 3.05) is 4.90 Å². The smallest absolute Gasteiger partial charge is 0.340 e. The van der Waals surface area contributed by atoms with Crippen LogP contribution in [0.1, 0.15) is 29.8 Å². The lowest BCUT2D eigenvalue weighted by Crippen LogP contribution is -2.43. The van der Waals surface area contributed by atoms with Crippen molar-refractivity contribution in [1.82, 2.24) is 4.98 Å². The number of fused-ring (bicyclic) bond motifs is 1. The molecule has 3 rings (SSSR count). The van der Waals surface area contributed by atoms with Crippen molar-refractivity contribution in [3.05, 3.63) is 58.3 Å². The number of rotatable bonds is 3. The van der Waals surface area contributed by atoms with Crippen molar-refractivity contribution in [3.63, 3.8) is 0 Å². The maximum Gasteiger partial charge on any atom is 0.340 e. The lowest BCUT2D eigenvalue weighted by atomic mass is 10.1. The molecule has 0 saturated carbocycles. The second-order valence-corrected chi connectivity index (χ2v) is 6.75.